The summed E-state index contributed by atoms with van der Waals surface area (Å²) in [6.07, 6.45) is 2.89. The van der Waals surface area contributed by atoms with Gasteiger partial charge in [-0.25, -0.2) is 16.8 Å². The number of anilines is 3. The first kappa shape index (κ1) is 28.4. The molecule has 4 rings (SSSR count). The molecule has 0 radical (unpaired) electrons. The Bertz CT molecular complexity index is 1680. The van der Waals surface area contributed by atoms with Crippen LogP contribution in [0.15, 0.2) is 107 Å². The van der Waals surface area contributed by atoms with Crippen molar-refractivity contribution in [2.24, 2.45) is 0 Å². The third-order valence-electron chi connectivity index (χ3n) is 5.65. The van der Waals surface area contributed by atoms with E-state index in [2.05, 4.69) is 15.0 Å². The molecule has 208 valence electrons. The van der Waals surface area contributed by atoms with Gasteiger partial charge in [0.15, 0.2) is 0 Å². The zero-order chi connectivity index (χ0) is 28.8. The molecule has 3 aromatic carbocycles. The SMILES string of the molecule is COc1ccc(S(=O)(=O)N(CC(=O)Nc2ccc(S(=O)(=O)Nc3cccnc3)cc2)c2ccccc2OC)cc1. The molecule has 0 aliphatic carbocycles. The number of nitrogens with one attached hydrogen (secondary N) is 2. The summed E-state index contributed by atoms with van der Waals surface area (Å²) in [5, 5.41) is 2.62. The van der Waals surface area contributed by atoms with Gasteiger partial charge in [0, 0.05) is 11.9 Å². The Balaban J connectivity index is 1.56. The number of amides is 1. The Morgan fingerprint density at radius 3 is 2.10 bits per heavy atom. The van der Waals surface area contributed by atoms with Gasteiger partial charge in [-0.15, -0.1) is 0 Å². The summed E-state index contributed by atoms with van der Waals surface area (Å²) in [6, 6.07) is 20.8. The second-order valence-electron chi connectivity index (χ2n) is 8.28. The van der Waals surface area contributed by atoms with Crippen molar-refractivity contribution in [1.82, 2.24) is 4.98 Å². The van der Waals surface area contributed by atoms with Crippen LogP contribution in [0, 0.1) is 0 Å². The molecular weight excluding hydrogens is 556 g/mol. The minimum absolute atomic E-state index is 0.0351. The Labute approximate surface area is 232 Å². The van der Waals surface area contributed by atoms with Crippen molar-refractivity contribution >= 4 is 43.0 Å². The van der Waals surface area contributed by atoms with Gasteiger partial charge < -0.3 is 14.8 Å². The van der Waals surface area contributed by atoms with Crippen molar-refractivity contribution in [3.63, 3.8) is 0 Å². The highest BCUT2D eigenvalue weighted by atomic mass is 32.2. The molecule has 0 unspecified atom stereocenters. The van der Waals surface area contributed by atoms with Crippen LogP contribution >= 0.6 is 0 Å². The molecule has 0 aliphatic rings. The maximum absolute atomic E-state index is 13.7. The lowest BCUT2D eigenvalue weighted by Gasteiger charge is -2.25. The molecule has 0 saturated carbocycles. The maximum atomic E-state index is 13.7. The number of para-hydroxylation sites is 2. The van der Waals surface area contributed by atoms with Crippen LogP contribution in [-0.2, 0) is 24.8 Å². The maximum Gasteiger partial charge on any atom is 0.264 e. The summed E-state index contributed by atoms with van der Waals surface area (Å²) in [5.41, 5.74) is 0.736. The first-order chi connectivity index (χ1) is 19.1. The number of rotatable bonds is 11. The van der Waals surface area contributed by atoms with E-state index in [0.29, 0.717) is 11.4 Å². The molecule has 2 N–H and O–H groups in total. The smallest absolute Gasteiger partial charge is 0.264 e. The fourth-order valence-electron chi connectivity index (χ4n) is 3.70. The summed E-state index contributed by atoms with van der Waals surface area (Å²) in [5.74, 6) is 0.0665. The summed E-state index contributed by atoms with van der Waals surface area (Å²) < 4.78 is 66.5. The van der Waals surface area contributed by atoms with Gasteiger partial charge in [0.25, 0.3) is 20.0 Å². The minimum Gasteiger partial charge on any atom is -0.497 e. The predicted octanol–water partition coefficient (Wildman–Crippen LogP) is 3.73. The molecule has 0 saturated heterocycles. The number of methoxy groups -OCH3 is 2. The molecule has 1 amide bonds. The van der Waals surface area contributed by atoms with E-state index in [0.717, 1.165) is 4.31 Å². The van der Waals surface area contributed by atoms with Crippen LogP contribution in [0.25, 0.3) is 0 Å². The number of carbonyl (C=O) groups excluding carboxylic acids is 1. The van der Waals surface area contributed by atoms with E-state index in [4.69, 9.17) is 9.47 Å². The molecule has 13 heteroatoms. The van der Waals surface area contributed by atoms with Crippen LogP contribution in [0.3, 0.4) is 0 Å². The quantitative estimate of drug-likeness (QED) is 0.272. The number of ether oxygens (including phenoxy) is 2. The minimum atomic E-state index is -4.21. The van der Waals surface area contributed by atoms with Crippen molar-refractivity contribution in [2.75, 3.05) is 35.1 Å². The summed E-state index contributed by atoms with van der Waals surface area (Å²) in [6.45, 7) is -0.586. The van der Waals surface area contributed by atoms with Crippen molar-refractivity contribution in [3.8, 4) is 11.5 Å². The van der Waals surface area contributed by atoms with Crippen molar-refractivity contribution < 1.29 is 31.1 Å². The van der Waals surface area contributed by atoms with Crippen molar-refractivity contribution in [1.29, 1.82) is 0 Å². The van der Waals surface area contributed by atoms with Crippen LogP contribution in [0.2, 0.25) is 0 Å². The highest BCUT2D eigenvalue weighted by molar-refractivity contribution is 7.93. The average Bonchev–Trinajstić information content (AvgIpc) is 2.96. The molecule has 0 atom stereocenters. The number of carbonyl (C=O) groups is 1. The topological polar surface area (TPSA) is 144 Å². The van der Waals surface area contributed by atoms with E-state index in [1.54, 1.807) is 30.3 Å². The van der Waals surface area contributed by atoms with E-state index in [-0.39, 0.29) is 26.9 Å². The normalized spacial score (nSPS) is 11.3. The summed E-state index contributed by atoms with van der Waals surface area (Å²) in [4.78, 5) is 16.9. The monoisotopic (exact) mass is 582 g/mol. The lowest BCUT2D eigenvalue weighted by molar-refractivity contribution is -0.114. The zero-order valence-corrected chi connectivity index (χ0v) is 23.1. The number of hydrogen-bond acceptors (Lipinski definition) is 8. The molecule has 0 fully saturated rings. The molecule has 11 nitrogen and oxygen atoms in total. The number of aromatic nitrogens is 1. The van der Waals surface area contributed by atoms with E-state index in [1.165, 1.54) is 81.2 Å². The number of pyridine rings is 1. The van der Waals surface area contributed by atoms with Crippen LogP contribution in [-0.4, -0.2) is 48.5 Å². The Kier molecular flexibility index (Phi) is 8.55. The number of benzene rings is 3. The standard InChI is InChI=1S/C27H26N4O7S2/c1-37-22-11-15-24(16-12-22)40(35,36)31(25-7-3-4-8-26(25)38-2)19-27(32)29-20-9-13-23(14-10-20)39(33,34)30-21-6-5-17-28-18-21/h3-18,30H,19H2,1-2H3,(H,29,32). The summed E-state index contributed by atoms with van der Waals surface area (Å²) in [7, 11) is -5.23. The third-order valence-corrected chi connectivity index (χ3v) is 8.82. The molecule has 0 bridgehead atoms. The molecule has 0 spiro atoms. The van der Waals surface area contributed by atoms with E-state index < -0.39 is 32.5 Å². The van der Waals surface area contributed by atoms with E-state index in [9.17, 15) is 21.6 Å². The first-order valence-electron chi connectivity index (χ1n) is 11.8. The zero-order valence-electron chi connectivity index (χ0n) is 21.5. The van der Waals surface area contributed by atoms with Gasteiger partial charge in [-0.1, -0.05) is 12.1 Å². The number of nitrogens with zero attached hydrogens (tertiary/aromatic N) is 2. The fourth-order valence-corrected chi connectivity index (χ4v) is 6.17. The first-order valence-corrected chi connectivity index (χ1v) is 14.7. The summed E-state index contributed by atoms with van der Waals surface area (Å²) >= 11 is 0. The van der Waals surface area contributed by atoms with Crippen LogP contribution < -0.4 is 23.8 Å². The second-order valence-corrected chi connectivity index (χ2v) is 11.8. The molecule has 1 heterocycles. The van der Waals surface area contributed by atoms with Crippen molar-refractivity contribution in [3.05, 3.63) is 97.3 Å². The van der Waals surface area contributed by atoms with Gasteiger partial charge in [-0.3, -0.25) is 18.8 Å². The highest BCUT2D eigenvalue weighted by Crippen LogP contribution is 2.32. The van der Waals surface area contributed by atoms with Gasteiger partial charge in [-0.05, 0) is 72.8 Å². The Hall–Kier alpha value is -4.62. The largest absolute Gasteiger partial charge is 0.497 e. The molecule has 4 aromatic rings. The molecule has 0 aliphatic heterocycles. The van der Waals surface area contributed by atoms with Gasteiger partial charge in [-0.2, -0.15) is 0 Å². The van der Waals surface area contributed by atoms with Crippen LogP contribution in [0.4, 0.5) is 17.1 Å². The van der Waals surface area contributed by atoms with Gasteiger partial charge in [0.2, 0.25) is 5.91 Å². The average molecular weight is 583 g/mol. The van der Waals surface area contributed by atoms with Crippen LogP contribution in [0.5, 0.6) is 11.5 Å². The Morgan fingerprint density at radius 1 is 0.800 bits per heavy atom. The molecule has 1 aromatic heterocycles. The van der Waals surface area contributed by atoms with Gasteiger partial charge in [0.05, 0.1) is 41.6 Å². The highest BCUT2D eigenvalue weighted by Gasteiger charge is 2.29. The number of sulfonamides is 2. The lowest BCUT2D eigenvalue weighted by Crippen LogP contribution is -2.38. The molecular formula is C27H26N4O7S2. The Morgan fingerprint density at radius 2 is 1.48 bits per heavy atom. The van der Waals surface area contributed by atoms with Crippen molar-refractivity contribution in [2.45, 2.75) is 9.79 Å². The lowest BCUT2D eigenvalue weighted by atomic mass is 10.3. The van der Waals surface area contributed by atoms with Gasteiger partial charge in [0.1, 0.15) is 18.0 Å². The van der Waals surface area contributed by atoms with E-state index in [1.807, 2.05) is 0 Å². The van der Waals surface area contributed by atoms with Crippen LogP contribution in [0.1, 0.15) is 0 Å². The van der Waals surface area contributed by atoms with Gasteiger partial charge >= 0.3 is 0 Å². The van der Waals surface area contributed by atoms with E-state index >= 15 is 0 Å². The predicted molar refractivity (Wildman–Crippen MR) is 151 cm³/mol. The third kappa shape index (κ3) is 6.50. The second kappa shape index (κ2) is 12.1. The fraction of sp³-hybridized carbons (Fsp3) is 0.111. The number of hydrogen-bond donors (Lipinski definition) is 2. The molecule has 40 heavy (non-hydrogen) atoms.